The predicted octanol–water partition coefficient (Wildman–Crippen LogP) is 4.21. The molecule has 1 aliphatic carbocycles. The van der Waals surface area contributed by atoms with E-state index in [1.54, 1.807) is 6.33 Å². The van der Waals surface area contributed by atoms with Gasteiger partial charge in [0.15, 0.2) is 4.34 Å². The van der Waals surface area contributed by atoms with Gasteiger partial charge in [-0.3, -0.25) is 0 Å². The van der Waals surface area contributed by atoms with E-state index in [0.29, 0.717) is 16.7 Å². The van der Waals surface area contributed by atoms with Gasteiger partial charge in [0.05, 0.1) is 0 Å². The highest BCUT2D eigenvalue weighted by Crippen LogP contribution is 2.45. The lowest BCUT2D eigenvalue weighted by atomic mass is 9.68. The molecule has 3 atom stereocenters. The summed E-state index contributed by atoms with van der Waals surface area (Å²) in [5.41, 5.74) is 0.455. The van der Waals surface area contributed by atoms with E-state index >= 15 is 0 Å². The number of aromatic nitrogens is 2. The SMILES string of the molecule is CCNC1CCC(C(C)(C)CC)CC1Sc1ncns1. The van der Waals surface area contributed by atoms with E-state index in [1.165, 1.54) is 37.2 Å². The minimum absolute atomic E-state index is 0.455. The lowest BCUT2D eigenvalue weighted by molar-refractivity contribution is 0.141. The Labute approximate surface area is 131 Å². The Morgan fingerprint density at radius 3 is 2.80 bits per heavy atom. The van der Waals surface area contributed by atoms with Crippen LogP contribution in [0.2, 0.25) is 0 Å². The van der Waals surface area contributed by atoms with E-state index in [-0.39, 0.29) is 0 Å². The van der Waals surface area contributed by atoms with Gasteiger partial charge in [-0.05, 0) is 48.7 Å². The maximum absolute atomic E-state index is 4.35. The van der Waals surface area contributed by atoms with E-state index in [1.807, 2.05) is 11.8 Å². The second-order valence-electron chi connectivity index (χ2n) is 6.38. The summed E-state index contributed by atoms with van der Waals surface area (Å²) in [6.07, 6.45) is 6.87. The Bertz CT molecular complexity index is 392. The monoisotopic (exact) mass is 313 g/mol. The fraction of sp³-hybridized carbons (Fsp3) is 0.867. The summed E-state index contributed by atoms with van der Waals surface area (Å²) in [7, 11) is 0. The molecule has 114 valence electrons. The van der Waals surface area contributed by atoms with Crippen LogP contribution in [0.4, 0.5) is 0 Å². The third kappa shape index (κ3) is 3.95. The molecule has 1 aliphatic rings. The minimum Gasteiger partial charge on any atom is -0.313 e. The van der Waals surface area contributed by atoms with Crippen LogP contribution in [0.25, 0.3) is 0 Å². The van der Waals surface area contributed by atoms with Crippen LogP contribution in [0.5, 0.6) is 0 Å². The molecule has 3 nitrogen and oxygen atoms in total. The third-order valence-corrected chi connectivity index (χ3v) is 6.97. The van der Waals surface area contributed by atoms with E-state index in [0.717, 1.165) is 16.8 Å². The van der Waals surface area contributed by atoms with Gasteiger partial charge in [-0.1, -0.05) is 45.9 Å². The van der Waals surface area contributed by atoms with Crippen molar-refractivity contribution >= 4 is 23.3 Å². The molecule has 0 spiro atoms. The molecular formula is C15H27N3S2. The van der Waals surface area contributed by atoms with E-state index in [4.69, 9.17) is 0 Å². The zero-order valence-electron chi connectivity index (χ0n) is 13.1. The summed E-state index contributed by atoms with van der Waals surface area (Å²) < 4.78 is 5.25. The predicted molar refractivity (Wildman–Crippen MR) is 88.4 cm³/mol. The van der Waals surface area contributed by atoms with E-state index < -0.39 is 0 Å². The van der Waals surface area contributed by atoms with Crippen molar-refractivity contribution in [2.45, 2.75) is 69.0 Å². The van der Waals surface area contributed by atoms with Gasteiger partial charge in [0.25, 0.3) is 0 Å². The molecule has 5 heteroatoms. The van der Waals surface area contributed by atoms with Crippen LogP contribution in [0, 0.1) is 11.3 Å². The van der Waals surface area contributed by atoms with Gasteiger partial charge >= 0.3 is 0 Å². The first-order valence-corrected chi connectivity index (χ1v) is 9.38. The average molecular weight is 314 g/mol. The zero-order chi connectivity index (χ0) is 14.6. The summed E-state index contributed by atoms with van der Waals surface area (Å²) in [6, 6.07) is 0.623. The fourth-order valence-electron chi connectivity index (χ4n) is 3.10. The molecule has 1 aromatic rings. The van der Waals surface area contributed by atoms with Crippen molar-refractivity contribution in [3.63, 3.8) is 0 Å². The molecule has 20 heavy (non-hydrogen) atoms. The first-order valence-electron chi connectivity index (χ1n) is 7.73. The Balaban J connectivity index is 2.05. The molecule has 0 aliphatic heterocycles. The van der Waals surface area contributed by atoms with Crippen LogP contribution in [-0.4, -0.2) is 27.2 Å². The molecular weight excluding hydrogens is 286 g/mol. The van der Waals surface area contributed by atoms with Crippen LogP contribution in [0.15, 0.2) is 10.7 Å². The Morgan fingerprint density at radius 2 is 2.20 bits per heavy atom. The molecule has 0 bridgehead atoms. The Hall–Kier alpha value is -0.130. The summed E-state index contributed by atoms with van der Waals surface area (Å²) in [5.74, 6) is 0.827. The number of hydrogen-bond acceptors (Lipinski definition) is 5. The van der Waals surface area contributed by atoms with Gasteiger partial charge in [-0.25, -0.2) is 4.98 Å². The average Bonchev–Trinajstić information content (AvgIpc) is 2.94. The van der Waals surface area contributed by atoms with Crippen molar-refractivity contribution in [1.82, 2.24) is 14.7 Å². The summed E-state index contributed by atoms with van der Waals surface area (Å²) in [4.78, 5) is 4.35. The summed E-state index contributed by atoms with van der Waals surface area (Å²) >= 11 is 3.46. The van der Waals surface area contributed by atoms with Crippen molar-refractivity contribution in [2.24, 2.45) is 11.3 Å². The highest BCUT2D eigenvalue weighted by atomic mass is 32.2. The summed E-state index contributed by atoms with van der Waals surface area (Å²) in [5, 5.41) is 4.30. The molecule has 0 saturated heterocycles. The normalized spacial score (nSPS) is 27.7. The first-order chi connectivity index (χ1) is 9.56. The molecule has 1 heterocycles. The quantitative estimate of drug-likeness (QED) is 0.853. The zero-order valence-corrected chi connectivity index (χ0v) is 14.7. The van der Waals surface area contributed by atoms with Crippen LogP contribution in [-0.2, 0) is 0 Å². The molecule has 1 fully saturated rings. The molecule has 3 unspecified atom stereocenters. The Kier molecular flexibility index (Phi) is 5.87. The molecule has 0 radical (unpaired) electrons. The van der Waals surface area contributed by atoms with Gasteiger partial charge in [0, 0.05) is 11.3 Å². The van der Waals surface area contributed by atoms with Crippen molar-refractivity contribution in [3.05, 3.63) is 6.33 Å². The van der Waals surface area contributed by atoms with E-state index in [2.05, 4.69) is 42.4 Å². The first kappa shape index (κ1) is 16.2. The van der Waals surface area contributed by atoms with Crippen LogP contribution in [0.1, 0.15) is 53.4 Å². The van der Waals surface area contributed by atoms with Crippen LogP contribution < -0.4 is 5.32 Å². The molecule has 1 aromatic heterocycles. The molecule has 0 aromatic carbocycles. The maximum atomic E-state index is 4.35. The number of nitrogens with one attached hydrogen (secondary N) is 1. The minimum atomic E-state index is 0.455. The topological polar surface area (TPSA) is 37.8 Å². The maximum Gasteiger partial charge on any atom is 0.170 e. The molecule has 1 saturated carbocycles. The van der Waals surface area contributed by atoms with Gasteiger partial charge in [-0.15, -0.1) is 0 Å². The van der Waals surface area contributed by atoms with E-state index in [9.17, 15) is 0 Å². The van der Waals surface area contributed by atoms with Gasteiger partial charge < -0.3 is 5.32 Å². The highest BCUT2D eigenvalue weighted by Gasteiger charge is 2.37. The smallest absolute Gasteiger partial charge is 0.170 e. The third-order valence-electron chi connectivity index (χ3n) is 4.87. The number of rotatable bonds is 6. The second kappa shape index (κ2) is 7.23. The molecule has 2 rings (SSSR count). The van der Waals surface area contributed by atoms with Crippen molar-refractivity contribution in [1.29, 1.82) is 0 Å². The van der Waals surface area contributed by atoms with Crippen LogP contribution in [0.3, 0.4) is 0 Å². The van der Waals surface area contributed by atoms with Crippen molar-refractivity contribution < 1.29 is 0 Å². The van der Waals surface area contributed by atoms with Crippen LogP contribution >= 0.6 is 23.3 Å². The second-order valence-corrected chi connectivity index (χ2v) is 8.65. The summed E-state index contributed by atoms with van der Waals surface area (Å²) in [6.45, 7) is 10.4. The van der Waals surface area contributed by atoms with Gasteiger partial charge in [-0.2, -0.15) is 4.37 Å². The Morgan fingerprint density at radius 1 is 1.40 bits per heavy atom. The van der Waals surface area contributed by atoms with Gasteiger partial charge in [0.2, 0.25) is 0 Å². The van der Waals surface area contributed by atoms with Gasteiger partial charge in [0.1, 0.15) is 6.33 Å². The number of thioether (sulfide) groups is 1. The lowest BCUT2D eigenvalue weighted by Gasteiger charge is -2.42. The lowest BCUT2D eigenvalue weighted by Crippen LogP contribution is -2.45. The highest BCUT2D eigenvalue weighted by molar-refractivity contribution is 8.01. The molecule has 1 N–H and O–H groups in total. The molecule has 0 amide bonds. The number of hydrogen-bond donors (Lipinski definition) is 1. The van der Waals surface area contributed by atoms with Crippen molar-refractivity contribution in [2.75, 3.05) is 6.54 Å². The van der Waals surface area contributed by atoms with Crippen molar-refractivity contribution in [3.8, 4) is 0 Å². The fourth-order valence-corrected chi connectivity index (χ4v) is 5.14. The largest absolute Gasteiger partial charge is 0.313 e. The number of nitrogens with zero attached hydrogens (tertiary/aromatic N) is 2. The standard InChI is InChI=1S/C15H27N3S2/c1-5-15(3,4)11-7-8-12(16-6-2)13(9-11)19-14-17-10-18-20-14/h10-13,16H,5-9H2,1-4H3.